The van der Waals surface area contributed by atoms with Crippen LogP contribution in [0.4, 0.5) is 0 Å². The Labute approximate surface area is 128 Å². The third kappa shape index (κ3) is 3.03. The molecule has 1 saturated heterocycles. The summed E-state index contributed by atoms with van der Waals surface area (Å²) in [5.74, 6) is 0.190. The van der Waals surface area contributed by atoms with Gasteiger partial charge in [-0.15, -0.1) is 0 Å². The molecule has 22 heavy (non-hydrogen) atoms. The third-order valence-corrected chi connectivity index (χ3v) is 4.43. The molecule has 1 N–H and O–H groups in total. The number of amides is 2. The van der Waals surface area contributed by atoms with Crippen LogP contribution in [0.1, 0.15) is 36.2 Å². The van der Waals surface area contributed by atoms with E-state index in [1.807, 2.05) is 4.90 Å². The van der Waals surface area contributed by atoms with Gasteiger partial charge in [-0.3, -0.25) is 19.4 Å². The Morgan fingerprint density at radius 2 is 1.77 bits per heavy atom. The third-order valence-electron chi connectivity index (χ3n) is 4.43. The maximum absolute atomic E-state index is 12.4. The molecule has 118 valence electrons. The van der Waals surface area contributed by atoms with Crippen LogP contribution in [0.3, 0.4) is 0 Å². The van der Waals surface area contributed by atoms with Crippen molar-refractivity contribution in [2.24, 2.45) is 5.92 Å². The van der Waals surface area contributed by atoms with Gasteiger partial charge in [0.2, 0.25) is 5.91 Å². The van der Waals surface area contributed by atoms with Gasteiger partial charge in [-0.2, -0.15) is 0 Å². The lowest BCUT2D eigenvalue weighted by Crippen LogP contribution is -2.41. The summed E-state index contributed by atoms with van der Waals surface area (Å²) >= 11 is 0. The minimum Gasteiger partial charge on any atom is -0.341 e. The van der Waals surface area contributed by atoms with Crippen molar-refractivity contribution in [3.8, 4) is 0 Å². The maximum atomic E-state index is 12.4. The highest BCUT2D eigenvalue weighted by Gasteiger charge is 2.31. The van der Waals surface area contributed by atoms with Gasteiger partial charge in [-0.25, -0.2) is 0 Å². The van der Waals surface area contributed by atoms with Gasteiger partial charge in [0.25, 0.3) is 11.5 Å². The Bertz CT molecular complexity index is 623. The van der Waals surface area contributed by atoms with Crippen LogP contribution >= 0.6 is 0 Å². The number of carbonyl (C=O) groups is 2. The largest absolute Gasteiger partial charge is 0.341 e. The summed E-state index contributed by atoms with van der Waals surface area (Å²) in [5, 5.41) is 0. The van der Waals surface area contributed by atoms with E-state index in [1.54, 1.807) is 4.90 Å². The van der Waals surface area contributed by atoms with Crippen molar-refractivity contribution in [2.75, 3.05) is 26.2 Å². The average molecular weight is 304 g/mol. The van der Waals surface area contributed by atoms with Gasteiger partial charge in [0.1, 0.15) is 5.69 Å². The van der Waals surface area contributed by atoms with Crippen LogP contribution in [0, 0.1) is 5.92 Å². The van der Waals surface area contributed by atoms with E-state index in [9.17, 15) is 14.4 Å². The molecule has 0 aromatic carbocycles. The SMILES string of the molecule is O=C(c1cncc(=O)[nH]1)N1CCCN(C(=O)C2CCC2)CC1. The molecule has 1 aromatic heterocycles. The predicted molar refractivity (Wildman–Crippen MR) is 79.3 cm³/mol. The summed E-state index contributed by atoms with van der Waals surface area (Å²) in [7, 11) is 0. The molecule has 0 bridgehead atoms. The number of aromatic nitrogens is 2. The molecule has 2 fully saturated rings. The minimum absolute atomic E-state index is 0.192. The van der Waals surface area contributed by atoms with E-state index in [2.05, 4.69) is 9.97 Å². The number of hydrogen-bond donors (Lipinski definition) is 1. The van der Waals surface area contributed by atoms with Crippen molar-refractivity contribution < 1.29 is 9.59 Å². The fraction of sp³-hybridized carbons (Fsp3) is 0.600. The first-order chi connectivity index (χ1) is 10.6. The highest BCUT2D eigenvalue weighted by molar-refractivity contribution is 5.92. The second-order valence-electron chi connectivity index (χ2n) is 5.91. The lowest BCUT2D eigenvalue weighted by molar-refractivity contribution is -0.138. The highest BCUT2D eigenvalue weighted by Crippen LogP contribution is 2.28. The van der Waals surface area contributed by atoms with Gasteiger partial charge < -0.3 is 14.8 Å². The standard InChI is InChI=1S/C15H20N4O3/c20-13-10-16-9-12(17-13)15(22)19-6-2-5-18(7-8-19)14(21)11-3-1-4-11/h9-11H,1-8H2,(H,17,20). The molecule has 2 amide bonds. The van der Waals surface area contributed by atoms with Crippen LogP contribution in [-0.4, -0.2) is 57.8 Å². The molecule has 2 heterocycles. The van der Waals surface area contributed by atoms with E-state index in [0.717, 1.165) is 31.9 Å². The van der Waals surface area contributed by atoms with Crippen LogP contribution in [0.2, 0.25) is 0 Å². The van der Waals surface area contributed by atoms with Crippen LogP contribution in [-0.2, 0) is 4.79 Å². The minimum atomic E-state index is -0.387. The molecular weight excluding hydrogens is 284 g/mol. The van der Waals surface area contributed by atoms with E-state index < -0.39 is 0 Å². The molecule has 0 unspecified atom stereocenters. The molecule has 0 spiro atoms. The van der Waals surface area contributed by atoms with E-state index in [4.69, 9.17) is 0 Å². The topological polar surface area (TPSA) is 86.4 Å². The summed E-state index contributed by atoms with van der Waals surface area (Å²) < 4.78 is 0. The quantitative estimate of drug-likeness (QED) is 0.848. The van der Waals surface area contributed by atoms with E-state index in [-0.39, 0.29) is 29.0 Å². The number of nitrogens with zero attached hydrogens (tertiary/aromatic N) is 3. The number of aromatic amines is 1. The molecule has 0 radical (unpaired) electrons. The van der Waals surface area contributed by atoms with Crippen molar-refractivity contribution >= 4 is 11.8 Å². The first kappa shape index (κ1) is 14.7. The number of hydrogen-bond acceptors (Lipinski definition) is 4. The number of nitrogens with one attached hydrogen (secondary N) is 1. The fourth-order valence-electron chi connectivity index (χ4n) is 2.91. The summed E-state index contributed by atoms with van der Waals surface area (Å²) in [5.41, 5.74) is -0.186. The number of rotatable bonds is 2. The Kier molecular flexibility index (Phi) is 4.22. The molecule has 1 aliphatic heterocycles. The van der Waals surface area contributed by atoms with Gasteiger partial charge in [-0.1, -0.05) is 6.42 Å². The molecule has 3 rings (SSSR count). The summed E-state index contributed by atoms with van der Waals surface area (Å²) in [6, 6.07) is 0. The smallest absolute Gasteiger partial charge is 0.272 e. The molecule has 2 aliphatic rings. The first-order valence-electron chi connectivity index (χ1n) is 7.77. The Balaban J connectivity index is 1.63. The van der Waals surface area contributed by atoms with Crippen molar-refractivity contribution in [3.63, 3.8) is 0 Å². The number of H-pyrrole nitrogens is 1. The van der Waals surface area contributed by atoms with Gasteiger partial charge in [0, 0.05) is 32.1 Å². The zero-order chi connectivity index (χ0) is 15.5. The van der Waals surface area contributed by atoms with Gasteiger partial charge in [0.15, 0.2) is 0 Å². The maximum Gasteiger partial charge on any atom is 0.272 e. The molecule has 1 aromatic rings. The van der Waals surface area contributed by atoms with Crippen molar-refractivity contribution in [3.05, 3.63) is 28.4 Å². The molecule has 1 aliphatic carbocycles. The molecular formula is C15H20N4O3. The lowest BCUT2D eigenvalue weighted by Gasteiger charge is -2.31. The zero-order valence-electron chi connectivity index (χ0n) is 12.5. The summed E-state index contributed by atoms with van der Waals surface area (Å²) in [6.07, 6.45) is 6.39. The van der Waals surface area contributed by atoms with E-state index in [0.29, 0.717) is 26.2 Å². The normalized spacial score (nSPS) is 19.5. The Morgan fingerprint density at radius 3 is 2.45 bits per heavy atom. The molecule has 0 atom stereocenters. The molecule has 7 heteroatoms. The number of carbonyl (C=O) groups excluding carboxylic acids is 2. The lowest BCUT2D eigenvalue weighted by atomic mass is 9.84. The Hall–Kier alpha value is -2.18. The molecule has 1 saturated carbocycles. The molecule has 7 nitrogen and oxygen atoms in total. The highest BCUT2D eigenvalue weighted by atomic mass is 16.2. The average Bonchev–Trinajstić information content (AvgIpc) is 2.70. The summed E-state index contributed by atoms with van der Waals surface area (Å²) in [4.78, 5) is 45.8. The van der Waals surface area contributed by atoms with Gasteiger partial charge >= 0.3 is 0 Å². The first-order valence-corrected chi connectivity index (χ1v) is 7.77. The van der Waals surface area contributed by atoms with Gasteiger partial charge in [-0.05, 0) is 19.3 Å². The van der Waals surface area contributed by atoms with E-state index >= 15 is 0 Å². The van der Waals surface area contributed by atoms with Crippen molar-refractivity contribution in [1.29, 1.82) is 0 Å². The van der Waals surface area contributed by atoms with Crippen LogP contribution in [0.25, 0.3) is 0 Å². The fourth-order valence-corrected chi connectivity index (χ4v) is 2.91. The van der Waals surface area contributed by atoms with Crippen molar-refractivity contribution in [2.45, 2.75) is 25.7 Å². The predicted octanol–water partition coefficient (Wildman–Crippen LogP) is 0.244. The van der Waals surface area contributed by atoms with Crippen molar-refractivity contribution in [1.82, 2.24) is 19.8 Å². The summed E-state index contributed by atoms with van der Waals surface area (Å²) in [6.45, 7) is 2.34. The van der Waals surface area contributed by atoms with Crippen LogP contribution in [0.5, 0.6) is 0 Å². The van der Waals surface area contributed by atoms with Gasteiger partial charge in [0.05, 0.1) is 12.4 Å². The monoisotopic (exact) mass is 304 g/mol. The second-order valence-corrected chi connectivity index (χ2v) is 5.91. The zero-order valence-corrected chi connectivity index (χ0v) is 12.5. The van der Waals surface area contributed by atoms with Crippen LogP contribution in [0.15, 0.2) is 17.2 Å². The van der Waals surface area contributed by atoms with E-state index in [1.165, 1.54) is 6.20 Å². The van der Waals surface area contributed by atoms with Crippen LogP contribution < -0.4 is 5.56 Å². The Morgan fingerprint density at radius 1 is 1.05 bits per heavy atom. The second kappa shape index (κ2) is 6.29.